The minimum absolute atomic E-state index is 0.271. The van der Waals surface area contributed by atoms with Gasteiger partial charge in [-0.15, -0.1) is 5.16 Å². The Hall–Kier alpha value is -1.38. The lowest BCUT2D eigenvalue weighted by atomic mass is 10.1. The molecule has 0 saturated heterocycles. The van der Waals surface area contributed by atoms with Crippen LogP contribution in [-0.2, 0) is 6.42 Å². The molecule has 1 rings (SSSR count). The minimum atomic E-state index is -0.271. The van der Waals surface area contributed by atoms with E-state index in [2.05, 4.69) is 5.16 Å². The molecule has 3 heteroatoms. The maximum atomic E-state index is 12.8. The maximum Gasteiger partial charge on any atom is 0.126 e. The second-order valence-corrected chi connectivity index (χ2v) is 2.09. The monoisotopic (exact) mass is 153 g/mol. The van der Waals surface area contributed by atoms with Crippen LogP contribution < -0.4 is 0 Å². The Labute approximate surface area is 64.0 Å². The van der Waals surface area contributed by atoms with E-state index in [0.29, 0.717) is 12.0 Å². The summed E-state index contributed by atoms with van der Waals surface area (Å²) in [6, 6.07) is 6.39. The highest BCUT2D eigenvalue weighted by Gasteiger charge is 1.96. The molecule has 0 saturated carbocycles. The molecule has 0 atom stereocenters. The van der Waals surface area contributed by atoms with Crippen LogP contribution in [0.25, 0.3) is 0 Å². The molecule has 1 aromatic carbocycles. The van der Waals surface area contributed by atoms with Crippen LogP contribution in [0.3, 0.4) is 0 Å². The van der Waals surface area contributed by atoms with Gasteiger partial charge in [0.25, 0.3) is 0 Å². The number of rotatable bonds is 2. The van der Waals surface area contributed by atoms with Gasteiger partial charge < -0.3 is 5.21 Å². The summed E-state index contributed by atoms with van der Waals surface area (Å²) in [5.41, 5.74) is 0.533. The molecular formula is C8H8FNO. The molecule has 0 aliphatic heterocycles. The molecule has 1 aromatic rings. The summed E-state index contributed by atoms with van der Waals surface area (Å²) >= 11 is 0. The standard InChI is InChI=1S/C8H8FNO/c9-8-4-2-1-3-7(8)5-6-10-11/h1-4,6,11H,5H2/b10-6-. The van der Waals surface area contributed by atoms with Crippen LogP contribution in [0.1, 0.15) is 5.56 Å². The smallest absolute Gasteiger partial charge is 0.126 e. The summed E-state index contributed by atoms with van der Waals surface area (Å²) in [5, 5.41) is 10.8. The highest BCUT2D eigenvalue weighted by atomic mass is 19.1. The molecule has 0 amide bonds. The fourth-order valence-electron chi connectivity index (χ4n) is 0.803. The predicted molar refractivity (Wildman–Crippen MR) is 40.4 cm³/mol. The lowest BCUT2D eigenvalue weighted by Gasteiger charge is -1.95. The molecule has 1 N–H and O–H groups in total. The van der Waals surface area contributed by atoms with E-state index in [-0.39, 0.29) is 5.82 Å². The van der Waals surface area contributed by atoms with Crippen LogP contribution in [0.2, 0.25) is 0 Å². The topological polar surface area (TPSA) is 32.6 Å². The van der Waals surface area contributed by atoms with Gasteiger partial charge in [-0.3, -0.25) is 0 Å². The van der Waals surface area contributed by atoms with E-state index in [1.54, 1.807) is 18.2 Å². The average molecular weight is 153 g/mol. The summed E-state index contributed by atoms with van der Waals surface area (Å²) in [4.78, 5) is 0. The number of benzene rings is 1. The summed E-state index contributed by atoms with van der Waals surface area (Å²) in [6.07, 6.45) is 1.57. The van der Waals surface area contributed by atoms with Gasteiger partial charge in [0.15, 0.2) is 0 Å². The molecule has 0 heterocycles. The predicted octanol–water partition coefficient (Wildman–Crippen LogP) is 1.83. The zero-order valence-corrected chi connectivity index (χ0v) is 5.87. The first-order valence-electron chi connectivity index (χ1n) is 3.24. The highest BCUT2D eigenvalue weighted by molar-refractivity contribution is 5.60. The van der Waals surface area contributed by atoms with E-state index >= 15 is 0 Å². The molecule has 11 heavy (non-hydrogen) atoms. The first-order valence-corrected chi connectivity index (χ1v) is 3.24. The van der Waals surface area contributed by atoms with Gasteiger partial charge in [0.1, 0.15) is 5.82 Å². The third-order valence-electron chi connectivity index (χ3n) is 1.35. The molecule has 0 radical (unpaired) electrons. The van der Waals surface area contributed by atoms with Gasteiger partial charge in [-0.1, -0.05) is 18.2 Å². The van der Waals surface area contributed by atoms with Crippen molar-refractivity contribution in [1.29, 1.82) is 0 Å². The lowest BCUT2D eigenvalue weighted by Crippen LogP contribution is -1.90. The average Bonchev–Trinajstić information content (AvgIpc) is 2.03. The van der Waals surface area contributed by atoms with E-state index < -0.39 is 0 Å². The Morgan fingerprint density at radius 2 is 2.18 bits per heavy atom. The Balaban J connectivity index is 2.77. The van der Waals surface area contributed by atoms with Crippen molar-refractivity contribution in [3.63, 3.8) is 0 Å². The molecule has 0 spiro atoms. The van der Waals surface area contributed by atoms with E-state index in [4.69, 9.17) is 5.21 Å². The largest absolute Gasteiger partial charge is 0.411 e. The van der Waals surface area contributed by atoms with Crippen molar-refractivity contribution in [3.8, 4) is 0 Å². The van der Waals surface area contributed by atoms with Gasteiger partial charge in [-0.2, -0.15) is 0 Å². The van der Waals surface area contributed by atoms with Gasteiger partial charge in [-0.05, 0) is 11.6 Å². The molecule has 0 aliphatic rings. The second-order valence-electron chi connectivity index (χ2n) is 2.09. The third kappa shape index (κ3) is 2.04. The van der Waals surface area contributed by atoms with Gasteiger partial charge in [0.05, 0.1) is 0 Å². The van der Waals surface area contributed by atoms with Gasteiger partial charge in [0.2, 0.25) is 0 Å². The van der Waals surface area contributed by atoms with E-state index in [1.165, 1.54) is 12.3 Å². The molecule has 2 nitrogen and oxygen atoms in total. The first-order chi connectivity index (χ1) is 5.34. The molecule has 58 valence electrons. The zero-order chi connectivity index (χ0) is 8.10. The van der Waals surface area contributed by atoms with Crippen molar-refractivity contribution in [2.45, 2.75) is 6.42 Å². The normalized spacial score (nSPS) is 10.6. The van der Waals surface area contributed by atoms with Gasteiger partial charge in [-0.25, -0.2) is 4.39 Å². The Kier molecular flexibility index (Phi) is 2.60. The van der Waals surface area contributed by atoms with E-state index in [1.807, 2.05) is 0 Å². The number of halogens is 1. The van der Waals surface area contributed by atoms with Crippen molar-refractivity contribution in [1.82, 2.24) is 0 Å². The van der Waals surface area contributed by atoms with Gasteiger partial charge in [0, 0.05) is 12.6 Å². The molecule has 0 bridgehead atoms. The molecule has 0 fully saturated rings. The van der Waals surface area contributed by atoms with Crippen molar-refractivity contribution in [2.75, 3.05) is 0 Å². The summed E-state index contributed by atoms with van der Waals surface area (Å²) in [7, 11) is 0. The second kappa shape index (κ2) is 3.71. The molecular weight excluding hydrogens is 145 g/mol. The van der Waals surface area contributed by atoms with Crippen molar-refractivity contribution in [2.24, 2.45) is 5.16 Å². The van der Waals surface area contributed by atoms with Crippen molar-refractivity contribution >= 4 is 6.21 Å². The number of nitrogens with zero attached hydrogens (tertiary/aromatic N) is 1. The fourth-order valence-corrected chi connectivity index (χ4v) is 0.803. The first kappa shape index (κ1) is 7.72. The molecule has 0 aromatic heterocycles. The van der Waals surface area contributed by atoms with Crippen LogP contribution >= 0.6 is 0 Å². The minimum Gasteiger partial charge on any atom is -0.411 e. The Morgan fingerprint density at radius 1 is 1.45 bits per heavy atom. The molecule has 0 aliphatic carbocycles. The van der Waals surface area contributed by atoms with E-state index in [0.717, 1.165) is 0 Å². The van der Waals surface area contributed by atoms with Crippen LogP contribution in [0.4, 0.5) is 4.39 Å². The van der Waals surface area contributed by atoms with E-state index in [9.17, 15) is 4.39 Å². The van der Waals surface area contributed by atoms with Crippen LogP contribution in [0.5, 0.6) is 0 Å². The maximum absolute atomic E-state index is 12.8. The fraction of sp³-hybridized carbons (Fsp3) is 0.125. The number of hydrogen-bond acceptors (Lipinski definition) is 2. The zero-order valence-electron chi connectivity index (χ0n) is 5.87. The van der Waals surface area contributed by atoms with Crippen LogP contribution in [0, 0.1) is 5.82 Å². The lowest BCUT2D eigenvalue weighted by molar-refractivity contribution is 0.320. The van der Waals surface area contributed by atoms with Crippen LogP contribution in [0.15, 0.2) is 29.4 Å². The Bertz CT molecular complexity index is 260. The highest BCUT2D eigenvalue weighted by Crippen LogP contribution is 2.05. The van der Waals surface area contributed by atoms with Gasteiger partial charge >= 0.3 is 0 Å². The van der Waals surface area contributed by atoms with Crippen molar-refractivity contribution < 1.29 is 9.60 Å². The van der Waals surface area contributed by atoms with Crippen molar-refractivity contribution in [3.05, 3.63) is 35.6 Å². The van der Waals surface area contributed by atoms with Crippen LogP contribution in [-0.4, -0.2) is 11.4 Å². The number of hydrogen-bond donors (Lipinski definition) is 1. The summed E-state index contributed by atoms with van der Waals surface area (Å²) < 4.78 is 12.8. The Morgan fingerprint density at radius 3 is 2.82 bits per heavy atom. The molecule has 0 unspecified atom stereocenters. The third-order valence-corrected chi connectivity index (χ3v) is 1.35. The quantitative estimate of drug-likeness (QED) is 0.392. The SMILES string of the molecule is O/N=C\Cc1ccccc1F. The number of oxime groups is 1. The summed E-state index contributed by atoms with van der Waals surface area (Å²) in [6.45, 7) is 0. The summed E-state index contributed by atoms with van der Waals surface area (Å²) in [5.74, 6) is -0.271.